The summed E-state index contributed by atoms with van der Waals surface area (Å²) < 4.78 is 11.0. The summed E-state index contributed by atoms with van der Waals surface area (Å²) in [4.78, 5) is 2.48. The van der Waals surface area contributed by atoms with Crippen LogP contribution in [0.25, 0.3) is 0 Å². The third kappa shape index (κ3) is 2.73. The van der Waals surface area contributed by atoms with Crippen molar-refractivity contribution in [2.24, 2.45) is 0 Å². The topological polar surface area (TPSA) is 33.7 Å². The summed E-state index contributed by atoms with van der Waals surface area (Å²) in [7, 11) is 0. The molecule has 0 radical (unpaired) electrons. The Morgan fingerprint density at radius 2 is 2.05 bits per heavy atom. The normalized spacial score (nSPS) is 18.5. The van der Waals surface area contributed by atoms with Crippen molar-refractivity contribution in [3.05, 3.63) is 22.2 Å². The zero-order valence-electron chi connectivity index (χ0n) is 11.9. The van der Waals surface area contributed by atoms with Crippen LogP contribution in [0.1, 0.15) is 18.1 Å². The summed E-state index contributed by atoms with van der Waals surface area (Å²) in [5.41, 5.74) is 2.43. The Morgan fingerprint density at radius 3 is 2.80 bits per heavy atom. The Kier molecular flexibility index (Phi) is 4.34. The van der Waals surface area contributed by atoms with Gasteiger partial charge in [-0.05, 0) is 18.4 Å². The van der Waals surface area contributed by atoms with Gasteiger partial charge in [0.15, 0.2) is 11.5 Å². The summed E-state index contributed by atoms with van der Waals surface area (Å²) in [5, 5.41) is 4.18. The minimum absolute atomic E-state index is 0.305. The predicted octanol–water partition coefficient (Wildman–Crippen LogP) is 2.08. The summed E-state index contributed by atoms with van der Waals surface area (Å²) in [6, 6.07) is 1.90. The van der Waals surface area contributed by atoms with Crippen molar-refractivity contribution in [3.8, 4) is 11.5 Å². The fraction of sp³-hybridized carbons (Fsp3) is 0.600. The van der Waals surface area contributed by atoms with Crippen LogP contribution in [0, 0.1) is 0 Å². The summed E-state index contributed by atoms with van der Waals surface area (Å²) in [6.07, 6.45) is 1.89. The molecule has 0 unspecified atom stereocenters. The molecule has 0 spiro atoms. The van der Waals surface area contributed by atoms with E-state index in [0.717, 1.165) is 62.1 Å². The van der Waals surface area contributed by atoms with Crippen LogP contribution >= 0.6 is 11.6 Å². The smallest absolute Gasteiger partial charge is 0.231 e. The van der Waals surface area contributed by atoms with Gasteiger partial charge in [0.05, 0.1) is 0 Å². The maximum atomic E-state index is 6.44. The van der Waals surface area contributed by atoms with Gasteiger partial charge in [-0.1, -0.05) is 18.5 Å². The number of benzene rings is 1. The monoisotopic (exact) mass is 296 g/mol. The van der Waals surface area contributed by atoms with Gasteiger partial charge in [-0.25, -0.2) is 0 Å². The van der Waals surface area contributed by atoms with E-state index in [1.807, 2.05) is 6.07 Å². The van der Waals surface area contributed by atoms with Crippen molar-refractivity contribution in [2.45, 2.75) is 19.8 Å². The molecule has 5 heteroatoms. The lowest BCUT2D eigenvalue weighted by Gasteiger charge is -2.27. The first kappa shape index (κ1) is 14.0. The minimum Gasteiger partial charge on any atom is -0.454 e. The molecule has 110 valence electrons. The largest absolute Gasteiger partial charge is 0.454 e. The van der Waals surface area contributed by atoms with E-state index in [1.54, 1.807) is 0 Å². The lowest BCUT2D eigenvalue weighted by Crippen LogP contribution is -2.44. The van der Waals surface area contributed by atoms with Gasteiger partial charge >= 0.3 is 0 Å². The van der Waals surface area contributed by atoms with E-state index in [1.165, 1.54) is 11.1 Å². The van der Waals surface area contributed by atoms with Crippen LogP contribution in [0.2, 0.25) is 5.02 Å². The lowest BCUT2D eigenvalue weighted by atomic mass is 10.00. The Bertz CT molecular complexity index is 487. The standard InChI is InChI=1S/C15H21ClN2O2/c1-2-11-12(3-6-18-7-4-17-5-8-18)13(16)9-14-15(11)20-10-19-14/h9,17H,2-8,10H2,1H3. The first-order chi connectivity index (χ1) is 9.79. The van der Waals surface area contributed by atoms with E-state index in [2.05, 4.69) is 17.1 Å². The molecule has 2 aliphatic rings. The third-order valence-corrected chi connectivity index (χ3v) is 4.40. The first-order valence-corrected chi connectivity index (χ1v) is 7.70. The number of halogens is 1. The molecule has 0 aliphatic carbocycles. The van der Waals surface area contributed by atoms with Crippen molar-refractivity contribution in [2.75, 3.05) is 39.5 Å². The Morgan fingerprint density at radius 1 is 1.25 bits per heavy atom. The minimum atomic E-state index is 0.305. The van der Waals surface area contributed by atoms with Gasteiger partial charge in [0.2, 0.25) is 6.79 Å². The average Bonchev–Trinajstić information content (AvgIpc) is 2.93. The highest BCUT2D eigenvalue weighted by molar-refractivity contribution is 6.31. The van der Waals surface area contributed by atoms with Crippen LogP contribution < -0.4 is 14.8 Å². The predicted molar refractivity (Wildman–Crippen MR) is 80.0 cm³/mol. The fourth-order valence-electron chi connectivity index (χ4n) is 2.96. The van der Waals surface area contributed by atoms with Gasteiger partial charge in [0, 0.05) is 49.4 Å². The molecule has 0 aromatic heterocycles. The van der Waals surface area contributed by atoms with E-state index in [0.29, 0.717) is 6.79 Å². The molecule has 2 aliphatic heterocycles. The van der Waals surface area contributed by atoms with Gasteiger partial charge in [-0.2, -0.15) is 0 Å². The number of hydrogen-bond donors (Lipinski definition) is 1. The molecule has 0 amide bonds. The molecule has 3 rings (SSSR count). The van der Waals surface area contributed by atoms with Crippen LogP contribution in [-0.2, 0) is 12.8 Å². The van der Waals surface area contributed by atoms with E-state index in [9.17, 15) is 0 Å². The van der Waals surface area contributed by atoms with Crippen LogP contribution in [0.5, 0.6) is 11.5 Å². The van der Waals surface area contributed by atoms with Gasteiger partial charge < -0.3 is 19.7 Å². The van der Waals surface area contributed by atoms with Gasteiger partial charge in [0.25, 0.3) is 0 Å². The second-order valence-corrected chi connectivity index (χ2v) is 5.65. The van der Waals surface area contributed by atoms with E-state index >= 15 is 0 Å². The van der Waals surface area contributed by atoms with Crippen LogP contribution in [0.3, 0.4) is 0 Å². The van der Waals surface area contributed by atoms with Crippen LogP contribution in [-0.4, -0.2) is 44.4 Å². The number of fused-ring (bicyclic) bond motifs is 1. The van der Waals surface area contributed by atoms with E-state index in [4.69, 9.17) is 21.1 Å². The van der Waals surface area contributed by atoms with Crippen molar-refractivity contribution < 1.29 is 9.47 Å². The molecule has 4 nitrogen and oxygen atoms in total. The molecule has 0 atom stereocenters. The number of hydrogen-bond acceptors (Lipinski definition) is 4. The molecule has 1 aromatic carbocycles. The molecule has 0 saturated carbocycles. The molecular formula is C15H21ClN2O2. The summed E-state index contributed by atoms with van der Waals surface area (Å²) in [5.74, 6) is 1.69. The average molecular weight is 297 g/mol. The molecule has 1 fully saturated rings. The van der Waals surface area contributed by atoms with Crippen molar-refractivity contribution in [1.82, 2.24) is 10.2 Å². The SMILES string of the molecule is CCc1c(CCN2CCNCC2)c(Cl)cc2c1OCO2. The Hall–Kier alpha value is -0.970. The van der Waals surface area contributed by atoms with E-state index in [-0.39, 0.29) is 0 Å². The fourth-order valence-corrected chi connectivity index (χ4v) is 3.27. The second kappa shape index (κ2) is 6.20. The van der Waals surface area contributed by atoms with Crippen molar-refractivity contribution in [3.63, 3.8) is 0 Å². The third-order valence-electron chi connectivity index (χ3n) is 4.07. The highest BCUT2D eigenvalue weighted by Crippen LogP contribution is 2.41. The zero-order chi connectivity index (χ0) is 13.9. The molecule has 1 aromatic rings. The molecule has 1 N–H and O–H groups in total. The van der Waals surface area contributed by atoms with Crippen LogP contribution in [0.4, 0.5) is 0 Å². The number of nitrogens with zero attached hydrogens (tertiary/aromatic N) is 1. The second-order valence-electron chi connectivity index (χ2n) is 5.24. The quantitative estimate of drug-likeness (QED) is 0.922. The highest BCUT2D eigenvalue weighted by Gasteiger charge is 2.23. The Labute approximate surface area is 125 Å². The van der Waals surface area contributed by atoms with Gasteiger partial charge in [-0.15, -0.1) is 0 Å². The molecule has 2 heterocycles. The summed E-state index contributed by atoms with van der Waals surface area (Å²) >= 11 is 6.44. The van der Waals surface area contributed by atoms with Gasteiger partial charge in [-0.3, -0.25) is 0 Å². The number of piperazine rings is 1. The molecule has 0 bridgehead atoms. The van der Waals surface area contributed by atoms with Gasteiger partial charge in [0.1, 0.15) is 0 Å². The maximum absolute atomic E-state index is 6.44. The molecule has 20 heavy (non-hydrogen) atoms. The number of ether oxygens (including phenoxy) is 2. The molecule has 1 saturated heterocycles. The first-order valence-electron chi connectivity index (χ1n) is 7.32. The summed E-state index contributed by atoms with van der Waals surface area (Å²) in [6.45, 7) is 7.88. The number of nitrogens with one attached hydrogen (secondary N) is 1. The van der Waals surface area contributed by atoms with Crippen LogP contribution in [0.15, 0.2) is 6.07 Å². The van der Waals surface area contributed by atoms with E-state index < -0.39 is 0 Å². The maximum Gasteiger partial charge on any atom is 0.231 e. The number of rotatable bonds is 4. The van der Waals surface area contributed by atoms with Crippen molar-refractivity contribution >= 4 is 11.6 Å². The van der Waals surface area contributed by atoms with Crippen molar-refractivity contribution in [1.29, 1.82) is 0 Å². The highest BCUT2D eigenvalue weighted by atomic mass is 35.5. The lowest BCUT2D eigenvalue weighted by molar-refractivity contribution is 0.173. The molecular weight excluding hydrogens is 276 g/mol. The zero-order valence-corrected chi connectivity index (χ0v) is 12.6. The Balaban J connectivity index is 1.78.